The molecule has 0 aromatic rings. The number of hydrogen-bond donors (Lipinski definition) is 0. The third kappa shape index (κ3) is 1.28. The van der Waals surface area contributed by atoms with Crippen molar-refractivity contribution in [2.75, 3.05) is 0 Å². The normalized spacial score (nSPS) is 31.5. The van der Waals surface area contributed by atoms with Crippen LogP contribution in [0.2, 0.25) is 8.49 Å². The van der Waals surface area contributed by atoms with Crippen molar-refractivity contribution in [2.24, 2.45) is 0 Å². The topological polar surface area (TPSA) is 0 Å². The summed E-state index contributed by atoms with van der Waals surface area (Å²) in [5, 5.41) is 0. The molecule has 1 rings (SSSR count). The molecule has 0 spiro atoms. The van der Waals surface area contributed by atoms with E-state index in [4.69, 9.17) is 0 Å². The van der Waals surface area contributed by atoms with Gasteiger partial charge in [-0.15, -0.1) is 0 Å². The van der Waals surface area contributed by atoms with E-state index in [2.05, 4.69) is 27.7 Å². The predicted octanol–water partition coefficient (Wildman–Crippen LogP) is 2.49. The monoisotopic (exact) mass is 172 g/mol. The molecule has 0 bridgehead atoms. The average Bonchev–Trinajstić information content (AvgIpc) is 1.20. The summed E-state index contributed by atoms with van der Waals surface area (Å²) in [6.07, 6.45) is 1.46. The number of hydrogen-bond acceptors (Lipinski definition) is 0. The van der Waals surface area contributed by atoms with Crippen LogP contribution in [0.3, 0.4) is 0 Å². The van der Waals surface area contributed by atoms with Crippen molar-refractivity contribution in [3.8, 4) is 0 Å². The molecular formula is C7H14Ge. The van der Waals surface area contributed by atoms with Gasteiger partial charge in [-0.1, -0.05) is 0 Å². The van der Waals surface area contributed by atoms with Gasteiger partial charge in [0.05, 0.1) is 0 Å². The summed E-state index contributed by atoms with van der Waals surface area (Å²) in [6, 6.07) is 0. The van der Waals surface area contributed by atoms with E-state index in [-0.39, 0.29) is 0 Å². The zero-order valence-corrected chi connectivity index (χ0v) is 8.31. The molecule has 1 aliphatic heterocycles. The van der Waals surface area contributed by atoms with E-state index in [1.807, 2.05) is 0 Å². The third-order valence-corrected chi connectivity index (χ3v) is 5.14. The average molecular weight is 171 g/mol. The molecule has 1 fully saturated rings. The zero-order valence-electron chi connectivity index (χ0n) is 6.21. The van der Waals surface area contributed by atoms with E-state index >= 15 is 0 Å². The molecule has 0 aromatic heterocycles. The Balaban J connectivity index is 2.42. The fourth-order valence-electron chi connectivity index (χ4n) is 2.00. The van der Waals surface area contributed by atoms with Gasteiger partial charge in [-0.25, -0.2) is 0 Å². The minimum absolute atomic E-state index is 0.375. The van der Waals surface area contributed by atoms with Gasteiger partial charge in [0.15, 0.2) is 0 Å². The molecule has 0 atom stereocenters. The summed E-state index contributed by atoms with van der Waals surface area (Å²) in [5.74, 6) is 0. The van der Waals surface area contributed by atoms with Crippen LogP contribution in [0.1, 0.15) is 34.1 Å². The fourth-order valence-corrected chi connectivity index (χ4v) is 7.44. The number of rotatable bonds is 0. The Kier molecular flexibility index (Phi) is 1.27. The van der Waals surface area contributed by atoms with Crippen molar-refractivity contribution >= 4 is 15.4 Å². The van der Waals surface area contributed by atoms with Crippen molar-refractivity contribution in [2.45, 2.75) is 42.6 Å². The van der Waals surface area contributed by atoms with E-state index < -0.39 is 0 Å². The molecule has 0 aromatic carbocycles. The summed E-state index contributed by atoms with van der Waals surface area (Å²) in [6.45, 7) is 9.60. The van der Waals surface area contributed by atoms with Crippen molar-refractivity contribution in [1.82, 2.24) is 0 Å². The van der Waals surface area contributed by atoms with Gasteiger partial charge in [0.25, 0.3) is 0 Å². The molecule has 0 N–H and O–H groups in total. The maximum atomic E-state index is 2.40. The van der Waals surface area contributed by atoms with Gasteiger partial charge < -0.3 is 0 Å². The Bertz CT molecular complexity index is 81.0. The van der Waals surface area contributed by atoms with Gasteiger partial charge in [0, 0.05) is 0 Å². The first-order valence-electron chi connectivity index (χ1n) is 3.21. The summed E-state index contributed by atoms with van der Waals surface area (Å²) >= 11 is 0.375. The van der Waals surface area contributed by atoms with Crippen LogP contribution in [0, 0.1) is 0 Å². The van der Waals surface area contributed by atoms with E-state index in [0.717, 1.165) is 8.49 Å². The maximum absolute atomic E-state index is 2.40. The Labute approximate surface area is 58.5 Å². The molecule has 1 aliphatic rings. The molecule has 46 valence electrons. The summed E-state index contributed by atoms with van der Waals surface area (Å²) in [5.41, 5.74) is 0. The van der Waals surface area contributed by atoms with Crippen molar-refractivity contribution in [3.63, 3.8) is 0 Å². The summed E-state index contributed by atoms with van der Waals surface area (Å²) in [4.78, 5) is 0. The molecule has 2 radical (unpaired) electrons. The zero-order chi connectivity index (χ0) is 6.41. The van der Waals surface area contributed by atoms with Gasteiger partial charge in [-0.2, -0.15) is 0 Å². The predicted molar refractivity (Wildman–Crippen MR) is 38.5 cm³/mol. The standard InChI is InChI=1S/C7H14Ge/c1-6(2)5-7(3,4)8-6/h5H2,1-4H3. The van der Waals surface area contributed by atoms with E-state index in [0.29, 0.717) is 15.4 Å². The second-order valence-corrected chi connectivity index (χ2v) is 10.3. The molecule has 0 saturated carbocycles. The van der Waals surface area contributed by atoms with Crippen molar-refractivity contribution < 1.29 is 0 Å². The van der Waals surface area contributed by atoms with Gasteiger partial charge in [0.2, 0.25) is 0 Å². The third-order valence-electron chi connectivity index (χ3n) is 1.56. The van der Waals surface area contributed by atoms with E-state index in [1.54, 1.807) is 0 Å². The van der Waals surface area contributed by atoms with Crippen LogP contribution in [0.5, 0.6) is 0 Å². The Hall–Kier alpha value is 0.543. The molecule has 8 heavy (non-hydrogen) atoms. The van der Waals surface area contributed by atoms with E-state index in [9.17, 15) is 0 Å². The van der Waals surface area contributed by atoms with Crippen LogP contribution >= 0.6 is 0 Å². The van der Waals surface area contributed by atoms with Gasteiger partial charge >= 0.3 is 58.0 Å². The molecule has 0 unspecified atom stereocenters. The summed E-state index contributed by atoms with van der Waals surface area (Å²) < 4.78 is 1.56. The second kappa shape index (κ2) is 1.53. The Morgan fingerprint density at radius 1 is 1.00 bits per heavy atom. The van der Waals surface area contributed by atoms with Gasteiger partial charge in [-0.3, -0.25) is 0 Å². The van der Waals surface area contributed by atoms with Crippen molar-refractivity contribution in [1.29, 1.82) is 0 Å². The first kappa shape index (κ1) is 6.66. The van der Waals surface area contributed by atoms with Gasteiger partial charge in [-0.05, 0) is 0 Å². The van der Waals surface area contributed by atoms with Crippen LogP contribution < -0.4 is 0 Å². The molecule has 1 heteroatoms. The van der Waals surface area contributed by atoms with Crippen LogP contribution in [0.15, 0.2) is 0 Å². The second-order valence-electron chi connectivity index (χ2n) is 4.07. The minimum atomic E-state index is 0.375. The van der Waals surface area contributed by atoms with Crippen LogP contribution in [0.25, 0.3) is 0 Å². The molecule has 0 nitrogen and oxygen atoms in total. The van der Waals surface area contributed by atoms with E-state index in [1.165, 1.54) is 6.42 Å². The van der Waals surface area contributed by atoms with Crippen LogP contribution in [-0.2, 0) is 0 Å². The quantitative estimate of drug-likeness (QED) is 0.491. The fraction of sp³-hybridized carbons (Fsp3) is 1.00. The Morgan fingerprint density at radius 3 is 1.25 bits per heavy atom. The van der Waals surface area contributed by atoms with Gasteiger partial charge in [0.1, 0.15) is 0 Å². The Morgan fingerprint density at radius 2 is 1.25 bits per heavy atom. The first-order valence-corrected chi connectivity index (χ1v) is 5.31. The van der Waals surface area contributed by atoms with Crippen LogP contribution in [-0.4, -0.2) is 15.4 Å². The molecule has 1 heterocycles. The molecule has 0 amide bonds. The first-order chi connectivity index (χ1) is 3.41. The van der Waals surface area contributed by atoms with Crippen molar-refractivity contribution in [3.05, 3.63) is 0 Å². The molecule has 0 aliphatic carbocycles. The molecular weight excluding hydrogens is 157 g/mol. The summed E-state index contributed by atoms with van der Waals surface area (Å²) in [7, 11) is 0. The SMILES string of the molecule is C[C]1(C)C[C](C)(C)[Ge]1. The molecule has 1 saturated heterocycles. The van der Waals surface area contributed by atoms with Crippen LogP contribution in [0.4, 0.5) is 0 Å².